The average molecular weight is 259 g/mol. The van der Waals surface area contributed by atoms with E-state index in [-0.39, 0.29) is 24.9 Å². The van der Waals surface area contributed by atoms with Gasteiger partial charge in [-0.2, -0.15) is 0 Å². The fourth-order valence-corrected chi connectivity index (χ4v) is 1.55. The number of carboxylic acids is 1. The zero-order valence-corrected chi connectivity index (χ0v) is 11.8. The molecule has 0 aliphatic heterocycles. The number of amides is 1. The van der Waals surface area contributed by atoms with Gasteiger partial charge in [-0.25, -0.2) is 0 Å². The van der Waals surface area contributed by atoms with Crippen molar-refractivity contribution in [2.24, 2.45) is 0 Å². The molecular weight excluding hydrogens is 234 g/mol. The number of nitrogens with zero attached hydrogens (tertiary/aromatic N) is 1. The molecule has 0 aromatic rings. The van der Waals surface area contributed by atoms with Crippen LogP contribution in [0.1, 0.15) is 47.0 Å². The highest BCUT2D eigenvalue weighted by atomic mass is 16.5. The highest BCUT2D eigenvalue weighted by molar-refractivity contribution is 5.81. The van der Waals surface area contributed by atoms with E-state index in [1.165, 1.54) is 0 Å². The van der Waals surface area contributed by atoms with Gasteiger partial charge in [0, 0.05) is 19.2 Å². The summed E-state index contributed by atoms with van der Waals surface area (Å²) in [5, 5.41) is 8.67. The first-order valence-corrected chi connectivity index (χ1v) is 6.54. The van der Waals surface area contributed by atoms with E-state index in [1.807, 2.05) is 13.8 Å². The van der Waals surface area contributed by atoms with Gasteiger partial charge in [0.1, 0.15) is 6.10 Å². The van der Waals surface area contributed by atoms with Crippen LogP contribution in [-0.4, -0.2) is 47.2 Å². The Labute approximate surface area is 109 Å². The number of ether oxygens (including phenoxy) is 1. The van der Waals surface area contributed by atoms with Gasteiger partial charge in [0.2, 0.25) is 0 Å². The van der Waals surface area contributed by atoms with Crippen molar-refractivity contribution >= 4 is 11.9 Å². The minimum atomic E-state index is -0.895. The summed E-state index contributed by atoms with van der Waals surface area (Å²) in [7, 11) is 0. The van der Waals surface area contributed by atoms with Crippen molar-refractivity contribution < 1.29 is 19.4 Å². The average Bonchev–Trinajstić information content (AvgIpc) is 2.28. The summed E-state index contributed by atoms with van der Waals surface area (Å²) in [5.41, 5.74) is 0. The van der Waals surface area contributed by atoms with Gasteiger partial charge in [0.05, 0.1) is 6.42 Å². The molecule has 18 heavy (non-hydrogen) atoms. The topological polar surface area (TPSA) is 66.8 Å². The Kier molecular flexibility index (Phi) is 8.37. The maximum Gasteiger partial charge on any atom is 0.305 e. The van der Waals surface area contributed by atoms with Crippen molar-refractivity contribution in [1.82, 2.24) is 4.90 Å². The molecule has 0 spiro atoms. The molecule has 106 valence electrons. The molecule has 1 unspecified atom stereocenters. The lowest BCUT2D eigenvalue weighted by atomic mass is 10.2. The Morgan fingerprint density at radius 1 is 1.28 bits per heavy atom. The minimum absolute atomic E-state index is 0.0194. The molecule has 0 radical (unpaired) electrons. The Morgan fingerprint density at radius 2 is 1.89 bits per heavy atom. The van der Waals surface area contributed by atoms with Crippen LogP contribution in [0.15, 0.2) is 0 Å². The second-order valence-corrected chi connectivity index (χ2v) is 4.64. The SMILES string of the molecule is CCCCOC(C)C(=O)N(CCC(=O)O)C(C)C. The fraction of sp³-hybridized carbons (Fsp3) is 0.846. The largest absolute Gasteiger partial charge is 0.481 e. The Balaban J connectivity index is 4.31. The van der Waals surface area contributed by atoms with Crippen molar-refractivity contribution in [3.8, 4) is 0 Å². The van der Waals surface area contributed by atoms with Crippen LogP contribution >= 0.6 is 0 Å². The molecule has 0 aliphatic rings. The first-order valence-electron chi connectivity index (χ1n) is 6.54. The van der Waals surface area contributed by atoms with E-state index >= 15 is 0 Å². The summed E-state index contributed by atoms with van der Waals surface area (Å²) in [4.78, 5) is 24.2. The monoisotopic (exact) mass is 259 g/mol. The lowest BCUT2D eigenvalue weighted by Crippen LogP contribution is -2.44. The molecule has 0 heterocycles. The van der Waals surface area contributed by atoms with E-state index in [2.05, 4.69) is 6.92 Å². The summed E-state index contributed by atoms with van der Waals surface area (Å²) in [6, 6.07) is -0.0194. The predicted molar refractivity (Wildman–Crippen MR) is 69.4 cm³/mol. The number of hydrogen-bond acceptors (Lipinski definition) is 3. The van der Waals surface area contributed by atoms with Crippen LogP contribution in [0.25, 0.3) is 0 Å². The van der Waals surface area contributed by atoms with E-state index < -0.39 is 12.1 Å². The maximum absolute atomic E-state index is 12.1. The van der Waals surface area contributed by atoms with Crippen LogP contribution in [0, 0.1) is 0 Å². The molecule has 0 aliphatic carbocycles. The van der Waals surface area contributed by atoms with Crippen LogP contribution in [-0.2, 0) is 14.3 Å². The summed E-state index contributed by atoms with van der Waals surface area (Å²) in [5.74, 6) is -1.03. The molecule has 1 atom stereocenters. The molecule has 0 bridgehead atoms. The second kappa shape index (κ2) is 8.91. The van der Waals surface area contributed by atoms with E-state index in [0.29, 0.717) is 6.61 Å². The third kappa shape index (κ3) is 6.59. The van der Waals surface area contributed by atoms with E-state index in [0.717, 1.165) is 12.8 Å². The van der Waals surface area contributed by atoms with E-state index in [1.54, 1.807) is 11.8 Å². The van der Waals surface area contributed by atoms with Crippen LogP contribution in [0.5, 0.6) is 0 Å². The lowest BCUT2D eigenvalue weighted by molar-refractivity contribution is -0.146. The summed E-state index contributed by atoms with van der Waals surface area (Å²) < 4.78 is 5.44. The molecule has 0 saturated heterocycles. The number of unbranched alkanes of at least 4 members (excludes halogenated alkanes) is 1. The van der Waals surface area contributed by atoms with Gasteiger partial charge < -0.3 is 14.7 Å². The molecule has 1 N–H and O–H groups in total. The Hall–Kier alpha value is -1.10. The quantitative estimate of drug-likeness (QED) is 0.642. The standard InChI is InChI=1S/C13H25NO4/c1-5-6-9-18-11(4)13(17)14(10(2)3)8-7-12(15)16/h10-11H,5-9H2,1-4H3,(H,15,16). The van der Waals surface area contributed by atoms with Gasteiger partial charge in [-0.1, -0.05) is 13.3 Å². The molecule has 0 rings (SSSR count). The van der Waals surface area contributed by atoms with Gasteiger partial charge in [-0.15, -0.1) is 0 Å². The number of carbonyl (C=O) groups is 2. The molecule has 5 heteroatoms. The van der Waals surface area contributed by atoms with E-state index in [4.69, 9.17) is 9.84 Å². The normalized spacial score (nSPS) is 12.5. The van der Waals surface area contributed by atoms with Crippen LogP contribution in [0.3, 0.4) is 0 Å². The zero-order chi connectivity index (χ0) is 14.1. The van der Waals surface area contributed by atoms with Crippen molar-refractivity contribution in [2.45, 2.75) is 59.1 Å². The third-order valence-corrected chi connectivity index (χ3v) is 2.69. The third-order valence-electron chi connectivity index (χ3n) is 2.69. The molecule has 0 saturated carbocycles. The van der Waals surface area contributed by atoms with Crippen molar-refractivity contribution in [3.05, 3.63) is 0 Å². The lowest BCUT2D eigenvalue weighted by Gasteiger charge is -2.29. The van der Waals surface area contributed by atoms with Gasteiger partial charge in [0.25, 0.3) is 5.91 Å². The first-order chi connectivity index (χ1) is 8.40. The maximum atomic E-state index is 12.1. The highest BCUT2D eigenvalue weighted by Crippen LogP contribution is 2.07. The smallest absolute Gasteiger partial charge is 0.305 e. The van der Waals surface area contributed by atoms with Crippen LogP contribution < -0.4 is 0 Å². The summed E-state index contributed by atoms with van der Waals surface area (Å²) in [6.07, 6.45) is 1.40. The zero-order valence-electron chi connectivity index (χ0n) is 11.8. The number of aliphatic carboxylic acids is 1. The molecule has 5 nitrogen and oxygen atoms in total. The highest BCUT2D eigenvalue weighted by Gasteiger charge is 2.23. The summed E-state index contributed by atoms with van der Waals surface area (Å²) >= 11 is 0. The number of carbonyl (C=O) groups excluding carboxylic acids is 1. The van der Waals surface area contributed by atoms with Crippen LogP contribution in [0.2, 0.25) is 0 Å². The van der Waals surface area contributed by atoms with Gasteiger partial charge in [-0.05, 0) is 27.2 Å². The molecular formula is C13H25NO4. The molecule has 0 aromatic carbocycles. The first kappa shape index (κ1) is 16.9. The summed E-state index contributed by atoms with van der Waals surface area (Å²) in [6.45, 7) is 8.32. The van der Waals surface area contributed by atoms with Crippen molar-refractivity contribution in [1.29, 1.82) is 0 Å². The molecule has 1 amide bonds. The molecule has 0 fully saturated rings. The van der Waals surface area contributed by atoms with Gasteiger partial charge in [-0.3, -0.25) is 9.59 Å². The van der Waals surface area contributed by atoms with Crippen LogP contribution in [0.4, 0.5) is 0 Å². The van der Waals surface area contributed by atoms with Crippen molar-refractivity contribution in [3.63, 3.8) is 0 Å². The fourth-order valence-electron chi connectivity index (χ4n) is 1.55. The second-order valence-electron chi connectivity index (χ2n) is 4.64. The Bertz CT molecular complexity index is 266. The predicted octanol–water partition coefficient (Wildman–Crippen LogP) is 1.90. The number of rotatable bonds is 9. The van der Waals surface area contributed by atoms with Crippen molar-refractivity contribution in [2.75, 3.05) is 13.2 Å². The number of hydrogen-bond donors (Lipinski definition) is 1. The van der Waals surface area contributed by atoms with Gasteiger partial charge in [0.15, 0.2) is 0 Å². The molecule has 0 aromatic heterocycles. The minimum Gasteiger partial charge on any atom is -0.481 e. The van der Waals surface area contributed by atoms with Gasteiger partial charge >= 0.3 is 5.97 Å². The Morgan fingerprint density at radius 3 is 2.33 bits per heavy atom. The number of carboxylic acid groups (broad SMARTS) is 1. The van der Waals surface area contributed by atoms with E-state index in [9.17, 15) is 9.59 Å².